The highest BCUT2D eigenvalue weighted by atomic mass is 15.1. The van der Waals surface area contributed by atoms with E-state index < -0.39 is 5.41 Å². The zero-order chi connectivity index (χ0) is 20.7. The Morgan fingerprint density at radius 3 is 2.53 bits per heavy atom. The van der Waals surface area contributed by atoms with Crippen LogP contribution in [0.1, 0.15) is 38.7 Å². The molecule has 1 fully saturated rings. The molecule has 0 bridgehead atoms. The molecule has 1 aliphatic rings. The fraction of sp³-hybridized carbons (Fsp3) is 0.320. The maximum atomic E-state index is 9.42. The second-order valence-electron chi connectivity index (χ2n) is 8.68. The van der Waals surface area contributed by atoms with Gasteiger partial charge in [0.05, 0.1) is 28.7 Å². The van der Waals surface area contributed by atoms with Gasteiger partial charge in [0.25, 0.3) is 0 Å². The van der Waals surface area contributed by atoms with Crippen LogP contribution in [0.2, 0.25) is 0 Å². The van der Waals surface area contributed by atoms with Gasteiger partial charge in [-0.2, -0.15) is 10.4 Å². The first-order valence-electron chi connectivity index (χ1n) is 10.6. The summed E-state index contributed by atoms with van der Waals surface area (Å²) in [7, 11) is 0. The Morgan fingerprint density at radius 2 is 1.80 bits per heavy atom. The lowest BCUT2D eigenvalue weighted by Crippen LogP contribution is -2.29. The maximum Gasteiger partial charge on any atom is 0.101 e. The van der Waals surface area contributed by atoms with Crippen LogP contribution in [-0.2, 0) is 5.41 Å². The van der Waals surface area contributed by atoms with Crippen molar-refractivity contribution < 1.29 is 0 Å². The minimum atomic E-state index is -0.508. The van der Waals surface area contributed by atoms with Gasteiger partial charge in [0.1, 0.15) is 5.69 Å². The van der Waals surface area contributed by atoms with Crippen LogP contribution in [0.15, 0.2) is 48.7 Å². The van der Waals surface area contributed by atoms with Gasteiger partial charge >= 0.3 is 0 Å². The fourth-order valence-corrected chi connectivity index (χ4v) is 4.36. The average Bonchev–Trinajstić information content (AvgIpc) is 3.24. The summed E-state index contributed by atoms with van der Waals surface area (Å²) in [4.78, 5) is 7.11. The number of nitrogens with one attached hydrogen (secondary N) is 1. The van der Waals surface area contributed by atoms with Gasteiger partial charge in [-0.05, 0) is 56.9 Å². The molecule has 4 aromatic rings. The van der Waals surface area contributed by atoms with Crippen LogP contribution < -0.4 is 4.90 Å². The second-order valence-corrected chi connectivity index (χ2v) is 8.68. The van der Waals surface area contributed by atoms with Gasteiger partial charge in [0.2, 0.25) is 0 Å². The molecule has 5 rings (SSSR count). The normalized spacial score (nSPS) is 14.9. The van der Waals surface area contributed by atoms with Crippen molar-refractivity contribution in [3.05, 3.63) is 54.2 Å². The highest BCUT2D eigenvalue weighted by Gasteiger charge is 2.20. The number of aromatic nitrogens is 3. The molecule has 5 nitrogen and oxygen atoms in total. The van der Waals surface area contributed by atoms with Crippen molar-refractivity contribution in [3.8, 4) is 17.3 Å². The molecule has 30 heavy (non-hydrogen) atoms. The fourth-order valence-electron chi connectivity index (χ4n) is 4.36. The van der Waals surface area contributed by atoms with Crippen molar-refractivity contribution in [2.45, 2.75) is 38.5 Å². The largest absolute Gasteiger partial charge is 0.372 e. The van der Waals surface area contributed by atoms with E-state index in [1.807, 2.05) is 32.2 Å². The van der Waals surface area contributed by atoms with Crippen LogP contribution in [0.25, 0.3) is 33.1 Å². The molecule has 1 N–H and O–H groups in total. The Labute approximate surface area is 176 Å². The van der Waals surface area contributed by atoms with Gasteiger partial charge < -0.3 is 4.90 Å². The lowest BCUT2D eigenvalue weighted by molar-refractivity contribution is 0.578. The number of benzene rings is 2. The van der Waals surface area contributed by atoms with Crippen molar-refractivity contribution in [1.29, 1.82) is 5.26 Å². The number of hydrogen-bond acceptors (Lipinski definition) is 4. The smallest absolute Gasteiger partial charge is 0.101 e. The van der Waals surface area contributed by atoms with Crippen molar-refractivity contribution in [2.24, 2.45) is 0 Å². The lowest BCUT2D eigenvalue weighted by Gasteiger charge is -2.29. The molecular formula is C25H25N5. The molecular weight excluding hydrogens is 370 g/mol. The first-order valence-corrected chi connectivity index (χ1v) is 10.6. The molecule has 0 saturated carbocycles. The summed E-state index contributed by atoms with van der Waals surface area (Å²) in [5.41, 5.74) is 5.64. The van der Waals surface area contributed by atoms with E-state index in [0.29, 0.717) is 0 Å². The maximum absolute atomic E-state index is 9.42. The van der Waals surface area contributed by atoms with Gasteiger partial charge in [-0.3, -0.25) is 10.1 Å². The van der Waals surface area contributed by atoms with E-state index in [1.165, 1.54) is 24.9 Å². The number of rotatable bonds is 3. The molecule has 0 spiro atoms. The third kappa shape index (κ3) is 3.09. The van der Waals surface area contributed by atoms with Crippen molar-refractivity contribution in [1.82, 2.24) is 15.2 Å². The third-order valence-corrected chi connectivity index (χ3v) is 6.26. The molecule has 2 aromatic heterocycles. The topological polar surface area (TPSA) is 68.6 Å². The van der Waals surface area contributed by atoms with Crippen LogP contribution in [0.4, 0.5) is 5.69 Å². The van der Waals surface area contributed by atoms with E-state index in [0.717, 1.165) is 51.7 Å². The van der Waals surface area contributed by atoms with E-state index in [-0.39, 0.29) is 0 Å². The van der Waals surface area contributed by atoms with E-state index >= 15 is 0 Å². The molecule has 0 aliphatic carbocycles. The van der Waals surface area contributed by atoms with Crippen molar-refractivity contribution in [3.63, 3.8) is 0 Å². The highest BCUT2D eigenvalue weighted by molar-refractivity contribution is 6.11. The molecule has 1 aliphatic heterocycles. The molecule has 2 aromatic carbocycles. The number of anilines is 1. The second kappa shape index (κ2) is 7.14. The van der Waals surface area contributed by atoms with E-state index in [4.69, 9.17) is 0 Å². The average molecular weight is 396 g/mol. The summed E-state index contributed by atoms with van der Waals surface area (Å²) in [5, 5.41) is 19.4. The van der Waals surface area contributed by atoms with Crippen LogP contribution in [-0.4, -0.2) is 28.3 Å². The van der Waals surface area contributed by atoms with Gasteiger partial charge in [0.15, 0.2) is 0 Å². The van der Waals surface area contributed by atoms with Gasteiger partial charge in [-0.1, -0.05) is 24.3 Å². The van der Waals surface area contributed by atoms with Crippen LogP contribution >= 0.6 is 0 Å². The van der Waals surface area contributed by atoms with Gasteiger partial charge in [0, 0.05) is 35.1 Å². The van der Waals surface area contributed by atoms with E-state index in [9.17, 15) is 5.26 Å². The summed E-state index contributed by atoms with van der Waals surface area (Å²) >= 11 is 0. The Morgan fingerprint density at radius 1 is 1.03 bits per heavy atom. The van der Waals surface area contributed by atoms with Crippen molar-refractivity contribution >= 4 is 27.5 Å². The standard InChI is InChI=1S/C25H25N5/c1-25(2,16-26)18-8-6-17(7-9-18)24-23-20-14-19(30-12-4-3-5-13-30)10-11-21(20)27-15-22(23)28-29-24/h6-11,14-15H,3-5,12-13H2,1-2H3,(H,28,29). The lowest BCUT2D eigenvalue weighted by atomic mass is 9.86. The minimum Gasteiger partial charge on any atom is -0.372 e. The molecule has 3 heterocycles. The monoisotopic (exact) mass is 395 g/mol. The van der Waals surface area contributed by atoms with Gasteiger partial charge in [-0.25, -0.2) is 0 Å². The van der Waals surface area contributed by atoms with E-state index in [1.54, 1.807) is 0 Å². The molecule has 5 heteroatoms. The quantitative estimate of drug-likeness (QED) is 0.492. The number of aromatic amines is 1. The third-order valence-electron chi connectivity index (χ3n) is 6.26. The Balaban J connectivity index is 1.64. The minimum absolute atomic E-state index is 0.508. The first kappa shape index (κ1) is 18.6. The Kier molecular flexibility index (Phi) is 4.43. The molecule has 0 radical (unpaired) electrons. The summed E-state index contributed by atoms with van der Waals surface area (Å²) in [6.07, 6.45) is 5.69. The summed E-state index contributed by atoms with van der Waals surface area (Å²) in [6, 6.07) is 17.1. The number of nitrogens with zero attached hydrogens (tertiary/aromatic N) is 4. The number of piperidine rings is 1. The van der Waals surface area contributed by atoms with Crippen LogP contribution in [0.5, 0.6) is 0 Å². The number of hydrogen-bond donors (Lipinski definition) is 1. The van der Waals surface area contributed by atoms with Gasteiger partial charge in [-0.15, -0.1) is 0 Å². The molecule has 0 unspecified atom stereocenters. The Hall–Kier alpha value is -3.39. The summed E-state index contributed by atoms with van der Waals surface area (Å²) in [5.74, 6) is 0. The summed E-state index contributed by atoms with van der Waals surface area (Å²) in [6.45, 7) is 6.10. The van der Waals surface area contributed by atoms with Crippen LogP contribution in [0.3, 0.4) is 0 Å². The number of fused-ring (bicyclic) bond motifs is 3. The van der Waals surface area contributed by atoms with E-state index in [2.05, 4.69) is 56.5 Å². The molecule has 0 atom stereocenters. The highest BCUT2D eigenvalue weighted by Crippen LogP contribution is 2.35. The van der Waals surface area contributed by atoms with Crippen molar-refractivity contribution in [2.75, 3.05) is 18.0 Å². The molecule has 0 amide bonds. The van der Waals surface area contributed by atoms with Crippen LogP contribution in [0, 0.1) is 11.3 Å². The number of pyridine rings is 1. The predicted molar refractivity (Wildman–Crippen MR) is 122 cm³/mol. The molecule has 1 saturated heterocycles. The summed E-state index contributed by atoms with van der Waals surface area (Å²) < 4.78 is 0. The number of nitriles is 1. The Bertz CT molecular complexity index is 1250. The first-order chi connectivity index (χ1) is 14.6. The predicted octanol–water partition coefficient (Wildman–Crippen LogP) is 5.57. The number of H-pyrrole nitrogens is 1. The SMILES string of the molecule is CC(C)(C#N)c1ccc(-c2n[nH]c3cnc4ccc(N5CCCCC5)cc4c23)cc1. The zero-order valence-corrected chi connectivity index (χ0v) is 17.4. The zero-order valence-electron chi connectivity index (χ0n) is 17.4. The molecule has 150 valence electrons.